The number of carbonyl (C=O) groups excluding carboxylic acids is 2. The number of hydrogen-bond acceptors (Lipinski definition) is 5. The summed E-state index contributed by atoms with van der Waals surface area (Å²) in [5, 5.41) is 0. The second kappa shape index (κ2) is 5.73. The van der Waals surface area contributed by atoms with Gasteiger partial charge in [-0.3, -0.25) is 9.59 Å². The van der Waals surface area contributed by atoms with Crippen molar-refractivity contribution in [3.8, 4) is 5.75 Å². The number of fused-ring (bicyclic) bond motifs is 1. The van der Waals surface area contributed by atoms with Gasteiger partial charge in [-0.25, -0.2) is 0 Å². The first-order valence-electron chi connectivity index (χ1n) is 6.20. The molecule has 0 saturated heterocycles. The molecule has 0 aliphatic carbocycles. The lowest BCUT2D eigenvalue weighted by Gasteiger charge is -2.27. The molecule has 5 nitrogen and oxygen atoms in total. The van der Waals surface area contributed by atoms with E-state index >= 15 is 0 Å². The summed E-state index contributed by atoms with van der Waals surface area (Å²) in [5.41, 5.74) is 1.51. The molecule has 1 aromatic carbocycles. The van der Waals surface area contributed by atoms with E-state index in [4.69, 9.17) is 4.74 Å². The molecule has 0 spiro atoms. The molecule has 1 aromatic rings. The second-order valence-electron chi connectivity index (χ2n) is 4.45. The summed E-state index contributed by atoms with van der Waals surface area (Å²) < 4.78 is 10.0. The van der Waals surface area contributed by atoms with Crippen LogP contribution >= 0.6 is 0 Å². The number of anilines is 1. The normalized spacial score (nSPS) is 13.5. The average molecular weight is 263 g/mol. The van der Waals surface area contributed by atoms with Crippen LogP contribution in [0.4, 0.5) is 5.69 Å². The molecule has 1 heterocycles. The summed E-state index contributed by atoms with van der Waals surface area (Å²) in [7, 11) is 3.28. The number of methoxy groups -OCH3 is 1. The minimum atomic E-state index is -0.369. The number of hydrogen-bond donors (Lipinski definition) is 0. The van der Waals surface area contributed by atoms with Gasteiger partial charge in [0.2, 0.25) is 0 Å². The Kier molecular flexibility index (Phi) is 4.04. The van der Waals surface area contributed by atoms with Gasteiger partial charge >= 0.3 is 5.97 Å². The SMILES string of the molecule is COC(=O)CCC(=O)c1ccc2c(c1)N(C)CCO2. The van der Waals surface area contributed by atoms with Crippen LogP contribution in [0, 0.1) is 0 Å². The zero-order chi connectivity index (χ0) is 13.8. The molecule has 0 radical (unpaired) electrons. The Morgan fingerprint density at radius 3 is 2.89 bits per heavy atom. The molecule has 0 aromatic heterocycles. The van der Waals surface area contributed by atoms with Gasteiger partial charge in [0.15, 0.2) is 5.78 Å². The molecule has 0 N–H and O–H groups in total. The van der Waals surface area contributed by atoms with E-state index in [2.05, 4.69) is 9.64 Å². The molecule has 0 atom stereocenters. The van der Waals surface area contributed by atoms with Crippen molar-refractivity contribution in [3.63, 3.8) is 0 Å². The second-order valence-corrected chi connectivity index (χ2v) is 4.45. The van der Waals surface area contributed by atoms with Crippen LogP contribution in [0.2, 0.25) is 0 Å². The topological polar surface area (TPSA) is 55.8 Å². The standard InChI is InChI=1S/C14H17NO4/c1-15-7-8-19-13-5-3-10(9-11(13)15)12(16)4-6-14(17)18-2/h3,5,9H,4,6-8H2,1-2H3. The smallest absolute Gasteiger partial charge is 0.305 e. The number of nitrogens with zero attached hydrogens (tertiary/aromatic N) is 1. The van der Waals surface area contributed by atoms with Crippen molar-refractivity contribution in [3.05, 3.63) is 23.8 Å². The highest BCUT2D eigenvalue weighted by Crippen LogP contribution is 2.31. The van der Waals surface area contributed by atoms with Gasteiger partial charge in [-0.1, -0.05) is 0 Å². The summed E-state index contributed by atoms with van der Waals surface area (Å²) in [4.78, 5) is 25.1. The fourth-order valence-electron chi connectivity index (χ4n) is 1.99. The maximum absolute atomic E-state index is 12.0. The third kappa shape index (κ3) is 3.05. The Morgan fingerprint density at radius 2 is 2.16 bits per heavy atom. The largest absolute Gasteiger partial charge is 0.490 e. The minimum Gasteiger partial charge on any atom is -0.490 e. The predicted molar refractivity (Wildman–Crippen MR) is 70.8 cm³/mol. The molecule has 0 amide bonds. The van der Waals surface area contributed by atoms with Crippen LogP contribution in [0.15, 0.2) is 18.2 Å². The van der Waals surface area contributed by atoms with Crippen molar-refractivity contribution < 1.29 is 19.1 Å². The first-order valence-corrected chi connectivity index (χ1v) is 6.20. The van der Waals surface area contributed by atoms with Crippen LogP contribution in [0.25, 0.3) is 0 Å². The Bertz CT molecular complexity index is 498. The molecule has 19 heavy (non-hydrogen) atoms. The van der Waals surface area contributed by atoms with Gasteiger partial charge in [-0.15, -0.1) is 0 Å². The Hall–Kier alpha value is -2.04. The van der Waals surface area contributed by atoms with E-state index in [0.29, 0.717) is 12.2 Å². The summed E-state index contributed by atoms with van der Waals surface area (Å²) in [5.74, 6) is 0.359. The molecule has 0 unspecified atom stereocenters. The van der Waals surface area contributed by atoms with E-state index in [1.807, 2.05) is 13.1 Å². The molecule has 5 heteroatoms. The number of Topliss-reactive ketones (excluding diaryl/α,β-unsaturated/α-hetero) is 1. The van der Waals surface area contributed by atoms with Crippen LogP contribution in [0.1, 0.15) is 23.2 Å². The highest BCUT2D eigenvalue weighted by Gasteiger charge is 2.17. The van der Waals surface area contributed by atoms with Crippen molar-refractivity contribution in [2.75, 3.05) is 32.2 Å². The number of rotatable bonds is 4. The molecule has 0 fully saturated rings. The zero-order valence-corrected chi connectivity index (χ0v) is 11.1. The van der Waals surface area contributed by atoms with E-state index in [9.17, 15) is 9.59 Å². The van der Waals surface area contributed by atoms with Crippen LogP contribution < -0.4 is 9.64 Å². The molecular formula is C14H17NO4. The van der Waals surface area contributed by atoms with Crippen LogP contribution in [-0.4, -0.2) is 39.1 Å². The number of esters is 1. The number of ether oxygens (including phenoxy) is 2. The fourth-order valence-corrected chi connectivity index (χ4v) is 1.99. The van der Waals surface area contributed by atoms with E-state index in [-0.39, 0.29) is 24.6 Å². The van der Waals surface area contributed by atoms with E-state index in [1.54, 1.807) is 12.1 Å². The first kappa shape index (κ1) is 13.4. The summed E-state index contributed by atoms with van der Waals surface area (Å²) in [6.07, 6.45) is 0.273. The Morgan fingerprint density at radius 1 is 1.37 bits per heavy atom. The molecular weight excluding hydrogens is 246 g/mol. The van der Waals surface area contributed by atoms with Gasteiger partial charge in [-0.05, 0) is 18.2 Å². The summed E-state index contributed by atoms with van der Waals surface area (Å²) >= 11 is 0. The van der Waals surface area contributed by atoms with Crippen molar-refractivity contribution in [1.82, 2.24) is 0 Å². The zero-order valence-electron chi connectivity index (χ0n) is 11.1. The van der Waals surface area contributed by atoms with Gasteiger partial charge in [0, 0.05) is 19.0 Å². The quantitative estimate of drug-likeness (QED) is 0.610. The number of ketones is 1. The van der Waals surface area contributed by atoms with Gasteiger partial charge in [-0.2, -0.15) is 0 Å². The summed E-state index contributed by atoms with van der Waals surface area (Å²) in [6, 6.07) is 5.35. The van der Waals surface area contributed by atoms with Crippen molar-refractivity contribution >= 4 is 17.4 Å². The van der Waals surface area contributed by atoms with Gasteiger partial charge in [0.25, 0.3) is 0 Å². The number of likely N-dealkylation sites (N-methyl/N-ethyl adjacent to an activating group) is 1. The van der Waals surface area contributed by atoms with Crippen LogP contribution in [0.3, 0.4) is 0 Å². The third-order valence-corrected chi connectivity index (χ3v) is 3.16. The predicted octanol–water partition coefficient (Wildman–Crippen LogP) is 1.65. The van der Waals surface area contributed by atoms with Crippen LogP contribution in [0.5, 0.6) is 5.75 Å². The maximum Gasteiger partial charge on any atom is 0.305 e. The molecule has 1 aliphatic rings. The fraction of sp³-hybridized carbons (Fsp3) is 0.429. The molecule has 102 valence electrons. The number of carbonyl (C=O) groups is 2. The third-order valence-electron chi connectivity index (χ3n) is 3.16. The lowest BCUT2D eigenvalue weighted by atomic mass is 10.0. The van der Waals surface area contributed by atoms with Crippen molar-refractivity contribution in [2.24, 2.45) is 0 Å². The lowest BCUT2D eigenvalue weighted by molar-refractivity contribution is -0.140. The highest BCUT2D eigenvalue weighted by atomic mass is 16.5. The van der Waals surface area contributed by atoms with Gasteiger partial charge in [0.1, 0.15) is 12.4 Å². The molecule has 2 rings (SSSR count). The lowest BCUT2D eigenvalue weighted by Crippen LogP contribution is -2.29. The van der Waals surface area contributed by atoms with Gasteiger partial charge < -0.3 is 14.4 Å². The molecule has 0 bridgehead atoms. The van der Waals surface area contributed by atoms with Crippen LogP contribution in [-0.2, 0) is 9.53 Å². The van der Waals surface area contributed by atoms with Gasteiger partial charge in [0.05, 0.1) is 25.8 Å². The molecule has 1 aliphatic heterocycles. The van der Waals surface area contributed by atoms with Crippen molar-refractivity contribution in [1.29, 1.82) is 0 Å². The van der Waals surface area contributed by atoms with E-state index in [0.717, 1.165) is 18.0 Å². The number of benzene rings is 1. The highest BCUT2D eigenvalue weighted by molar-refractivity contribution is 5.98. The Labute approximate surface area is 112 Å². The maximum atomic E-state index is 12.0. The van der Waals surface area contributed by atoms with E-state index < -0.39 is 0 Å². The molecule has 0 saturated carbocycles. The van der Waals surface area contributed by atoms with E-state index in [1.165, 1.54) is 7.11 Å². The first-order chi connectivity index (χ1) is 9.11. The Balaban J connectivity index is 2.10. The van der Waals surface area contributed by atoms with Crippen molar-refractivity contribution in [2.45, 2.75) is 12.8 Å². The average Bonchev–Trinajstić information content (AvgIpc) is 2.44. The minimum absolute atomic E-state index is 0.0628. The summed E-state index contributed by atoms with van der Waals surface area (Å²) in [6.45, 7) is 1.45. The monoisotopic (exact) mass is 263 g/mol.